The molecule has 0 saturated carbocycles. The molecule has 2 rings (SSSR count). The molecular formula is C16H17FN2O3. The van der Waals surface area contributed by atoms with Gasteiger partial charge in [0.1, 0.15) is 11.4 Å². The van der Waals surface area contributed by atoms with E-state index in [0.29, 0.717) is 22.6 Å². The molecule has 6 heteroatoms. The zero-order valence-electron chi connectivity index (χ0n) is 12.6. The minimum Gasteiger partial charge on any atom is -0.360 e. The van der Waals surface area contributed by atoms with Crippen molar-refractivity contribution < 1.29 is 18.5 Å². The molecule has 0 unspecified atom stereocenters. The van der Waals surface area contributed by atoms with Gasteiger partial charge in [0.15, 0.2) is 11.5 Å². The molecule has 0 spiro atoms. The van der Waals surface area contributed by atoms with Crippen molar-refractivity contribution in [2.45, 2.75) is 26.7 Å². The zero-order valence-corrected chi connectivity index (χ0v) is 12.6. The second-order valence-electron chi connectivity index (χ2n) is 5.27. The van der Waals surface area contributed by atoms with Crippen molar-refractivity contribution >= 4 is 11.7 Å². The zero-order chi connectivity index (χ0) is 16.3. The number of ketones is 1. The van der Waals surface area contributed by atoms with E-state index < -0.39 is 11.7 Å². The van der Waals surface area contributed by atoms with Gasteiger partial charge in [-0.3, -0.25) is 9.59 Å². The maximum absolute atomic E-state index is 12.8. The van der Waals surface area contributed by atoms with Crippen LogP contribution in [0.3, 0.4) is 0 Å². The summed E-state index contributed by atoms with van der Waals surface area (Å²) in [5.74, 6) is -0.618. The largest absolute Gasteiger partial charge is 0.360 e. The number of carbonyl (C=O) groups excluding carboxylic acids is 2. The number of hydrogen-bond acceptors (Lipinski definition) is 4. The van der Waals surface area contributed by atoms with Crippen LogP contribution in [0, 0.1) is 12.7 Å². The van der Waals surface area contributed by atoms with Gasteiger partial charge in [-0.05, 0) is 31.2 Å². The van der Waals surface area contributed by atoms with Crippen LogP contribution in [0.25, 0.3) is 0 Å². The number of nitrogens with one attached hydrogen (secondary N) is 1. The number of halogens is 1. The molecule has 0 saturated heterocycles. The molecule has 22 heavy (non-hydrogen) atoms. The third-order valence-electron chi connectivity index (χ3n) is 3.22. The predicted molar refractivity (Wildman–Crippen MR) is 78.4 cm³/mol. The van der Waals surface area contributed by atoms with Gasteiger partial charge in [-0.1, -0.05) is 19.0 Å². The summed E-state index contributed by atoms with van der Waals surface area (Å²) in [5, 5.41) is 6.34. The number of aromatic nitrogens is 1. The van der Waals surface area contributed by atoms with Crippen molar-refractivity contribution in [2.75, 3.05) is 6.54 Å². The van der Waals surface area contributed by atoms with Gasteiger partial charge < -0.3 is 9.84 Å². The van der Waals surface area contributed by atoms with Crippen LogP contribution in [0.1, 0.15) is 51.9 Å². The molecule has 1 aromatic carbocycles. The molecule has 1 heterocycles. The molecule has 2 aromatic rings. The number of amides is 1. The molecule has 1 N–H and O–H groups in total. The Morgan fingerprint density at radius 3 is 2.50 bits per heavy atom. The Bertz CT molecular complexity index is 690. The fourth-order valence-electron chi connectivity index (χ4n) is 2.04. The third-order valence-corrected chi connectivity index (χ3v) is 3.22. The maximum atomic E-state index is 12.8. The van der Waals surface area contributed by atoms with E-state index in [-0.39, 0.29) is 18.2 Å². The Morgan fingerprint density at radius 1 is 1.27 bits per heavy atom. The summed E-state index contributed by atoms with van der Waals surface area (Å²) < 4.78 is 18.0. The summed E-state index contributed by atoms with van der Waals surface area (Å²) in [6.07, 6.45) is 0. The van der Waals surface area contributed by atoms with Crippen molar-refractivity contribution in [3.8, 4) is 0 Å². The van der Waals surface area contributed by atoms with E-state index in [4.69, 9.17) is 4.52 Å². The predicted octanol–water partition coefficient (Wildman–Crippen LogP) is 2.86. The topological polar surface area (TPSA) is 72.2 Å². The highest BCUT2D eigenvalue weighted by Crippen LogP contribution is 2.21. The average Bonchev–Trinajstić information content (AvgIpc) is 2.87. The minimum absolute atomic E-state index is 0.00903. The second-order valence-corrected chi connectivity index (χ2v) is 5.27. The monoisotopic (exact) mass is 304 g/mol. The summed E-state index contributed by atoms with van der Waals surface area (Å²) in [6, 6.07) is 5.17. The molecule has 0 aliphatic heterocycles. The molecule has 0 atom stereocenters. The highest BCUT2D eigenvalue weighted by molar-refractivity contribution is 6.02. The Balaban J connectivity index is 2.05. The van der Waals surface area contributed by atoms with Crippen LogP contribution in [0.2, 0.25) is 0 Å². The molecule has 0 aliphatic carbocycles. The fourth-order valence-corrected chi connectivity index (χ4v) is 2.04. The molecule has 0 bridgehead atoms. The number of aryl methyl sites for hydroxylation is 1. The molecule has 0 aliphatic rings. The van der Waals surface area contributed by atoms with Crippen LogP contribution in [-0.4, -0.2) is 23.4 Å². The van der Waals surface area contributed by atoms with Crippen molar-refractivity contribution in [1.82, 2.24) is 10.5 Å². The van der Waals surface area contributed by atoms with E-state index >= 15 is 0 Å². The lowest BCUT2D eigenvalue weighted by molar-refractivity contribution is 0.0902. The molecule has 5 nitrogen and oxygen atoms in total. The molecule has 116 valence electrons. The molecular weight excluding hydrogens is 287 g/mol. The van der Waals surface area contributed by atoms with Crippen LogP contribution in [0.4, 0.5) is 4.39 Å². The lowest BCUT2D eigenvalue weighted by atomic mass is 10.0. The van der Waals surface area contributed by atoms with E-state index in [1.54, 1.807) is 6.92 Å². The fraction of sp³-hybridized carbons (Fsp3) is 0.312. The summed E-state index contributed by atoms with van der Waals surface area (Å²) in [6.45, 7) is 5.28. The standard InChI is InChI=1S/C16H17FN2O3/c1-9(2)15-14(10(3)19-22-15)16(21)18-8-13(20)11-4-6-12(17)7-5-11/h4-7,9H,8H2,1-3H3,(H,18,21). The first kappa shape index (κ1) is 15.9. The van der Waals surface area contributed by atoms with Gasteiger partial charge in [-0.25, -0.2) is 4.39 Å². The smallest absolute Gasteiger partial charge is 0.257 e. The Kier molecular flexibility index (Phi) is 4.70. The van der Waals surface area contributed by atoms with Crippen LogP contribution in [-0.2, 0) is 0 Å². The summed E-state index contributed by atoms with van der Waals surface area (Å²) in [4.78, 5) is 24.2. The highest BCUT2D eigenvalue weighted by atomic mass is 19.1. The average molecular weight is 304 g/mol. The van der Waals surface area contributed by atoms with Crippen LogP contribution in [0.5, 0.6) is 0 Å². The number of nitrogens with zero attached hydrogens (tertiary/aromatic N) is 1. The first-order chi connectivity index (χ1) is 10.4. The number of hydrogen-bond donors (Lipinski definition) is 1. The van der Waals surface area contributed by atoms with Crippen molar-refractivity contribution in [2.24, 2.45) is 0 Å². The lowest BCUT2D eigenvalue weighted by Crippen LogP contribution is -2.30. The minimum atomic E-state index is -0.415. The summed E-state index contributed by atoms with van der Waals surface area (Å²) in [7, 11) is 0. The van der Waals surface area contributed by atoms with Gasteiger partial charge in [0.2, 0.25) is 0 Å². The van der Waals surface area contributed by atoms with Crippen LogP contribution < -0.4 is 5.32 Å². The van der Waals surface area contributed by atoms with Gasteiger partial charge in [-0.2, -0.15) is 0 Å². The van der Waals surface area contributed by atoms with Crippen LogP contribution >= 0.6 is 0 Å². The molecule has 1 amide bonds. The van der Waals surface area contributed by atoms with Crippen molar-refractivity contribution in [3.63, 3.8) is 0 Å². The summed E-state index contributed by atoms with van der Waals surface area (Å²) >= 11 is 0. The highest BCUT2D eigenvalue weighted by Gasteiger charge is 2.22. The van der Waals surface area contributed by atoms with Crippen LogP contribution in [0.15, 0.2) is 28.8 Å². The molecule has 1 aromatic heterocycles. The molecule has 0 radical (unpaired) electrons. The normalized spacial score (nSPS) is 10.8. The van der Waals surface area contributed by atoms with Crippen molar-refractivity contribution in [3.05, 3.63) is 52.7 Å². The number of rotatable bonds is 5. The van der Waals surface area contributed by atoms with Gasteiger partial charge in [0, 0.05) is 11.5 Å². The van der Waals surface area contributed by atoms with Gasteiger partial charge in [0.05, 0.1) is 12.2 Å². The van der Waals surface area contributed by atoms with Gasteiger partial charge in [0.25, 0.3) is 5.91 Å². The Hall–Kier alpha value is -2.50. The van der Waals surface area contributed by atoms with E-state index in [0.717, 1.165) is 0 Å². The quantitative estimate of drug-likeness (QED) is 0.862. The van der Waals surface area contributed by atoms with Gasteiger partial charge in [-0.15, -0.1) is 0 Å². The Morgan fingerprint density at radius 2 is 1.91 bits per heavy atom. The van der Waals surface area contributed by atoms with E-state index in [9.17, 15) is 14.0 Å². The maximum Gasteiger partial charge on any atom is 0.257 e. The van der Waals surface area contributed by atoms with E-state index in [2.05, 4.69) is 10.5 Å². The van der Waals surface area contributed by atoms with E-state index in [1.165, 1.54) is 24.3 Å². The second kappa shape index (κ2) is 6.51. The lowest BCUT2D eigenvalue weighted by Gasteiger charge is -2.07. The SMILES string of the molecule is Cc1noc(C(C)C)c1C(=O)NCC(=O)c1ccc(F)cc1. The van der Waals surface area contributed by atoms with E-state index in [1.807, 2.05) is 13.8 Å². The van der Waals surface area contributed by atoms with Gasteiger partial charge >= 0.3 is 0 Å². The summed E-state index contributed by atoms with van der Waals surface area (Å²) in [5.41, 5.74) is 1.19. The number of Topliss-reactive ketones (excluding diaryl/α,β-unsaturated/α-hetero) is 1. The Labute approximate surface area is 127 Å². The third kappa shape index (κ3) is 3.39. The number of carbonyl (C=O) groups is 2. The first-order valence-corrected chi connectivity index (χ1v) is 6.93. The molecule has 0 fully saturated rings. The first-order valence-electron chi connectivity index (χ1n) is 6.93. The number of benzene rings is 1. The van der Waals surface area contributed by atoms with Crippen molar-refractivity contribution in [1.29, 1.82) is 0 Å².